The summed E-state index contributed by atoms with van der Waals surface area (Å²) >= 11 is 0. The van der Waals surface area contributed by atoms with E-state index in [1.165, 1.54) is 12.3 Å². The maximum atomic E-state index is 16.2. The maximum Gasteiger partial charge on any atom is 0.338 e. The summed E-state index contributed by atoms with van der Waals surface area (Å²) in [7, 11) is 0. The molecule has 4 atom stereocenters. The lowest BCUT2D eigenvalue weighted by atomic mass is 9.77. The highest BCUT2D eigenvalue weighted by Gasteiger charge is 2.63. The Labute approximate surface area is 360 Å². The fourth-order valence-electron chi connectivity index (χ4n) is 8.69. The number of nitrogens with zero attached hydrogens (tertiary/aromatic N) is 4. The Hall–Kier alpha value is -7.87. The minimum Gasteiger partial charge on any atom is -0.459 e. The van der Waals surface area contributed by atoms with Gasteiger partial charge < -0.3 is 24.8 Å². The molecule has 0 saturated carbocycles. The van der Waals surface area contributed by atoms with Gasteiger partial charge in [0.15, 0.2) is 12.3 Å². The fourth-order valence-corrected chi connectivity index (χ4v) is 8.69. The number of ketones is 1. The number of esters is 1. The molecule has 9 rings (SSSR count). The molecule has 0 radical (unpaired) electrons. The third kappa shape index (κ3) is 7.39. The molecule has 9 aromatic rings. The SMILES string of the molecule is C=C(c1ccccc1)C(O)[C@](C(=O)OCc1ccccc1)(C(=O)c1cc2c(cn1)[nH]c1ccccc12)N(C(Cc1c[nH]c2ccccc12)N=O)C(Cc1c[nH]c2ccccc12)N=O. The van der Waals surface area contributed by atoms with E-state index in [-0.39, 0.29) is 30.7 Å². The average molecular weight is 836 g/mol. The van der Waals surface area contributed by atoms with E-state index in [9.17, 15) is 14.9 Å². The second-order valence-corrected chi connectivity index (χ2v) is 15.4. The second-order valence-electron chi connectivity index (χ2n) is 15.4. The van der Waals surface area contributed by atoms with Crippen LogP contribution in [0.5, 0.6) is 0 Å². The Morgan fingerprint density at radius 1 is 0.683 bits per heavy atom. The average Bonchev–Trinajstić information content (AvgIpc) is 4.06. The topological polar surface area (TPSA) is 186 Å². The van der Waals surface area contributed by atoms with Gasteiger partial charge >= 0.3 is 5.97 Å². The number of fused-ring (bicyclic) bond motifs is 5. The first-order valence-electron chi connectivity index (χ1n) is 20.4. The van der Waals surface area contributed by atoms with E-state index in [1.54, 1.807) is 73.1 Å². The number of benzene rings is 5. The monoisotopic (exact) mass is 835 g/mol. The number of rotatable bonds is 17. The van der Waals surface area contributed by atoms with Crippen molar-refractivity contribution in [2.75, 3.05) is 0 Å². The highest BCUT2D eigenvalue weighted by molar-refractivity contribution is 6.19. The predicted octanol–water partition coefficient (Wildman–Crippen LogP) is 9.39. The van der Waals surface area contributed by atoms with Crippen LogP contribution in [-0.2, 0) is 29.0 Å². The van der Waals surface area contributed by atoms with Crippen molar-refractivity contribution in [3.05, 3.63) is 202 Å². The number of aliphatic hydroxyl groups is 1. The molecule has 0 fully saturated rings. The highest BCUT2D eigenvalue weighted by Crippen LogP contribution is 2.40. The number of nitroso groups, excluding NO2 is 2. The molecule has 13 nitrogen and oxygen atoms in total. The summed E-state index contributed by atoms with van der Waals surface area (Å²) in [6.07, 6.45) is -1.19. The van der Waals surface area contributed by atoms with Crippen LogP contribution in [0.25, 0.3) is 49.2 Å². The van der Waals surface area contributed by atoms with Crippen molar-refractivity contribution in [1.29, 1.82) is 0 Å². The summed E-state index contributed by atoms with van der Waals surface area (Å²) in [5.74, 6) is -2.35. The standard InChI is InChI=1S/C50H41N7O6/c1-31(33-16-6-3-7-17-33)47(58)50(49(60)63-30-32-14-4-2-5-15-32,48(59)43-26-39-38-20-10-13-23-42(38)54-44(39)29-53-43)57(45(55-61)24-34-27-51-40-21-11-8-18-36(34)40)46(56-62)25-35-28-52-41-22-12-9-19-37(35)41/h2-23,26-29,45-47,51-52,54,58H,1,24-25,30H2/t45?,46?,47?,50-/m1/s1. The predicted molar refractivity (Wildman–Crippen MR) is 243 cm³/mol. The summed E-state index contributed by atoms with van der Waals surface area (Å²) in [6, 6.07) is 41.2. The van der Waals surface area contributed by atoms with Gasteiger partial charge in [-0.05, 0) is 52.1 Å². The number of Topliss-reactive ketones (excluding diaryl/α,β-unsaturated/α-hetero) is 1. The van der Waals surface area contributed by atoms with Crippen LogP contribution in [0.3, 0.4) is 0 Å². The van der Waals surface area contributed by atoms with Crippen molar-refractivity contribution in [3.8, 4) is 0 Å². The number of nitrogens with one attached hydrogen (secondary N) is 3. The van der Waals surface area contributed by atoms with Gasteiger partial charge in [0.05, 0.1) is 11.7 Å². The van der Waals surface area contributed by atoms with Crippen LogP contribution in [0.4, 0.5) is 0 Å². The molecule has 312 valence electrons. The number of pyridine rings is 1. The third-order valence-corrected chi connectivity index (χ3v) is 11.8. The first-order chi connectivity index (χ1) is 30.8. The van der Waals surface area contributed by atoms with Gasteiger partial charge in [-0.3, -0.25) is 9.78 Å². The summed E-state index contributed by atoms with van der Waals surface area (Å²) < 4.78 is 6.13. The van der Waals surface area contributed by atoms with E-state index in [0.717, 1.165) is 37.6 Å². The van der Waals surface area contributed by atoms with Gasteiger partial charge in [-0.15, -0.1) is 9.81 Å². The molecule has 13 heteroatoms. The number of ether oxygens (including phenoxy) is 1. The molecule has 4 N–H and O–H groups in total. The fraction of sp³-hybridized carbons (Fsp3) is 0.140. The van der Waals surface area contributed by atoms with E-state index in [1.807, 2.05) is 72.8 Å². The number of aromatic amines is 3. The molecule has 0 bridgehead atoms. The molecule has 3 unspecified atom stereocenters. The summed E-state index contributed by atoms with van der Waals surface area (Å²) in [6.45, 7) is 3.90. The van der Waals surface area contributed by atoms with Gasteiger partial charge in [0.1, 0.15) is 18.4 Å². The van der Waals surface area contributed by atoms with Crippen molar-refractivity contribution in [3.63, 3.8) is 0 Å². The van der Waals surface area contributed by atoms with Crippen LogP contribution in [0, 0.1) is 9.81 Å². The van der Waals surface area contributed by atoms with E-state index >= 15 is 9.59 Å². The van der Waals surface area contributed by atoms with Crippen LogP contribution in [0.1, 0.15) is 32.7 Å². The van der Waals surface area contributed by atoms with Gasteiger partial charge in [-0.2, -0.15) is 0 Å². The lowest BCUT2D eigenvalue weighted by Crippen LogP contribution is -2.72. The molecule has 0 aliphatic carbocycles. The van der Waals surface area contributed by atoms with Gasteiger partial charge in [0, 0.05) is 63.3 Å². The van der Waals surface area contributed by atoms with E-state index in [0.29, 0.717) is 33.2 Å². The molecular formula is C50H41N7O6. The minimum atomic E-state index is -2.98. The number of para-hydroxylation sites is 3. The van der Waals surface area contributed by atoms with Crippen molar-refractivity contribution >= 4 is 60.9 Å². The second kappa shape index (κ2) is 17.2. The number of hydrogen-bond acceptors (Lipinski definition) is 10. The number of carbonyl (C=O) groups is 2. The summed E-state index contributed by atoms with van der Waals surface area (Å²) in [4.78, 5) is 74.8. The molecule has 4 heterocycles. The van der Waals surface area contributed by atoms with Gasteiger partial charge in [0.25, 0.3) is 0 Å². The quantitative estimate of drug-likeness (QED) is 0.0302. The van der Waals surface area contributed by atoms with Crippen molar-refractivity contribution in [1.82, 2.24) is 24.8 Å². The lowest BCUT2D eigenvalue weighted by molar-refractivity contribution is -0.166. The van der Waals surface area contributed by atoms with Gasteiger partial charge in [-0.25, -0.2) is 9.69 Å². The van der Waals surface area contributed by atoms with E-state index < -0.39 is 35.7 Å². The van der Waals surface area contributed by atoms with Crippen molar-refractivity contribution in [2.24, 2.45) is 10.4 Å². The minimum absolute atomic E-state index is 0.0766. The molecule has 5 aromatic carbocycles. The largest absolute Gasteiger partial charge is 0.459 e. The maximum absolute atomic E-state index is 16.2. The van der Waals surface area contributed by atoms with E-state index in [4.69, 9.17) is 4.74 Å². The van der Waals surface area contributed by atoms with Crippen LogP contribution < -0.4 is 0 Å². The first-order valence-corrected chi connectivity index (χ1v) is 20.4. The summed E-state index contributed by atoms with van der Waals surface area (Å²) in [5.41, 5.74) is 1.69. The molecule has 63 heavy (non-hydrogen) atoms. The molecule has 0 aliphatic heterocycles. The zero-order valence-electron chi connectivity index (χ0n) is 33.8. The Bertz CT molecular complexity index is 3050. The Morgan fingerprint density at radius 3 is 1.79 bits per heavy atom. The smallest absolute Gasteiger partial charge is 0.338 e. The molecule has 0 aliphatic rings. The zero-order valence-corrected chi connectivity index (χ0v) is 33.8. The van der Waals surface area contributed by atoms with Crippen molar-refractivity contribution < 1.29 is 19.4 Å². The van der Waals surface area contributed by atoms with Crippen LogP contribution in [-0.4, -0.2) is 65.7 Å². The third-order valence-electron chi connectivity index (χ3n) is 11.8. The first kappa shape index (κ1) is 40.5. The van der Waals surface area contributed by atoms with E-state index in [2.05, 4.69) is 36.9 Å². The van der Waals surface area contributed by atoms with Gasteiger partial charge in [-0.1, -0.05) is 132 Å². The van der Waals surface area contributed by atoms with Crippen LogP contribution >= 0.6 is 0 Å². The number of aliphatic hydroxyl groups excluding tert-OH is 1. The lowest BCUT2D eigenvalue weighted by Gasteiger charge is -2.46. The molecule has 4 aromatic heterocycles. The van der Waals surface area contributed by atoms with Crippen LogP contribution in [0.2, 0.25) is 0 Å². The Kier molecular flexibility index (Phi) is 11.1. The Morgan fingerprint density at radius 2 is 1.21 bits per heavy atom. The molecular weight excluding hydrogens is 795 g/mol. The Balaban J connectivity index is 1.32. The normalized spacial score (nSPS) is 14.1. The number of carbonyl (C=O) groups excluding carboxylic acids is 2. The van der Waals surface area contributed by atoms with Gasteiger partial charge in [0.2, 0.25) is 11.3 Å². The molecule has 0 spiro atoms. The van der Waals surface area contributed by atoms with Crippen LogP contribution in [0.15, 0.2) is 175 Å². The summed E-state index contributed by atoms with van der Waals surface area (Å²) in [5, 5.41) is 23.2. The zero-order chi connectivity index (χ0) is 43.5. The number of H-pyrrole nitrogens is 3. The molecule has 0 amide bonds. The number of hydrogen-bond donors (Lipinski definition) is 4. The highest BCUT2D eigenvalue weighted by atomic mass is 16.5. The van der Waals surface area contributed by atoms with Crippen molar-refractivity contribution in [2.45, 2.75) is 43.4 Å². The molecule has 0 saturated heterocycles. The number of aromatic nitrogens is 4.